The molecule has 0 radical (unpaired) electrons. The smallest absolute Gasteiger partial charge is 0.217 e. The van der Waals surface area contributed by atoms with Crippen molar-refractivity contribution in [3.63, 3.8) is 0 Å². The third kappa shape index (κ3) is 8.34. The van der Waals surface area contributed by atoms with Crippen molar-refractivity contribution < 1.29 is 78.9 Å². The van der Waals surface area contributed by atoms with E-state index >= 15 is 0 Å². The van der Waals surface area contributed by atoms with Crippen molar-refractivity contribution in [2.45, 2.75) is 113 Å². The van der Waals surface area contributed by atoms with Gasteiger partial charge in [0.2, 0.25) is 17.7 Å². The minimum absolute atomic E-state index is 0.588. The maximum Gasteiger partial charge on any atom is 0.217 e. The minimum Gasteiger partial charge on any atom is -0.394 e. The van der Waals surface area contributed by atoms with E-state index in [2.05, 4.69) is 16.0 Å². The van der Waals surface area contributed by atoms with E-state index in [1.165, 1.54) is 0 Å². The quantitative estimate of drug-likeness (QED) is 0.107. The van der Waals surface area contributed by atoms with Gasteiger partial charge in [0.15, 0.2) is 18.9 Å². The van der Waals surface area contributed by atoms with Gasteiger partial charge in [0.05, 0.1) is 19.8 Å². The van der Waals surface area contributed by atoms with Crippen molar-refractivity contribution in [1.82, 2.24) is 16.0 Å². The number of aliphatic hydroxyl groups is 8. The number of aliphatic hydroxyl groups excluding tert-OH is 8. The predicted molar refractivity (Wildman–Crippen MR) is 136 cm³/mol. The van der Waals surface area contributed by atoms with Crippen LogP contribution in [0.3, 0.4) is 0 Å². The highest BCUT2D eigenvalue weighted by atomic mass is 16.7. The number of carbonyl (C=O) groups excluding carboxylic acids is 3. The van der Waals surface area contributed by atoms with Crippen LogP contribution >= 0.6 is 0 Å². The highest BCUT2D eigenvalue weighted by molar-refractivity contribution is 5.74. The lowest BCUT2D eigenvalue weighted by atomic mass is 9.94. The number of hydrogen-bond donors (Lipinski definition) is 11. The van der Waals surface area contributed by atoms with Gasteiger partial charge >= 0.3 is 0 Å². The van der Waals surface area contributed by atoms with E-state index in [4.69, 9.17) is 23.7 Å². The lowest BCUT2D eigenvalue weighted by Gasteiger charge is -2.48. The van der Waals surface area contributed by atoms with Gasteiger partial charge in [0, 0.05) is 20.8 Å². The summed E-state index contributed by atoms with van der Waals surface area (Å²) in [5.74, 6) is -1.90. The molecule has 0 aliphatic carbocycles. The van der Waals surface area contributed by atoms with Crippen LogP contribution in [-0.4, -0.2) is 170 Å². The second-order valence-electron chi connectivity index (χ2n) is 10.6. The van der Waals surface area contributed by atoms with Gasteiger partial charge in [-0.2, -0.15) is 0 Å². The van der Waals surface area contributed by atoms with E-state index in [1.54, 1.807) is 0 Å². The first-order chi connectivity index (χ1) is 20.2. The van der Waals surface area contributed by atoms with Crippen LogP contribution in [0.25, 0.3) is 0 Å². The Labute approximate surface area is 245 Å². The van der Waals surface area contributed by atoms with E-state index < -0.39 is 129 Å². The van der Waals surface area contributed by atoms with Gasteiger partial charge in [0.25, 0.3) is 0 Å². The Morgan fingerprint density at radius 3 is 1.63 bits per heavy atom. The SMILES string of the molecule is CC(=O)N[C@H]1[C@H](O[C@H]2[C@@H](O)[C@@H](CO)O[C@H](OC[C@H]3OC(O)[C@H](NC(C)=O)[C@@H](O)[C@H]3O)[C@@H]2NC(C)=O)O[C@H](CO)[C@@H](O)[C@@H]1O. The number of ether oxygens (including phenoxy) is 5. The molecule has 0 bridgehead atoms. The third-order valence-electron chi connectivity index (χ3n) is 7.28. The lowest BCUT2D eigenvalue weighted by molar-refractivity contribution is -0.334. The lowest BCUT2D eigenvalue weighted by Crippen LogP contribution is -2.70. The van der Waals surface area contributed by atoms with Crippen LogP contribution in [0.1, 0.15) is 20.8 Å². The van der Waals surface area contributed by atoms with Crippen LogP contribution in [0.15, 0.2) is 0 Å². The first-order valence-electron chi connectivity index (χ1n) is 13.5. The van der Waals surface area contributed by atoms with Crippen LogP contribution in [0.2, 0.25) is 0 Å². The summed E-state index contributed by atoms with van der Waals surface area (Å²) in [5.41, 5.74) is 0. The molecule has 3 aliphatic heterocycles. The molecule has 0 aromatic carbocycles. The Hall–Kier alpha value is -2.11. The molecule has 3 fully saturated rings. The first-order valence-corrected chi connectivity index (χ1v) is 13.5. The first kappa shape index (κ1) is 35.4. The Bertz CT molecular complexity index is 962. The van der Waals surface area contributed by atoms with Gasteiger partial charge < -0.3 is 80.5 Å². The van der Waals surface area contributed by atoms with Crippen LogP contribution in [-0.2, 0) is 38.1 Å². The molecule has 3 saturated heterocycles. The number of amides is 3. The van der Waals surface area contributed by atoms with Crippen molar-refractivity contribution in [1.29, 1.82) is 0 Å². The summed E-state index contributed by atoms with van der Waals surface area (Å²) in [6, 6.07) is -4.16. The van der Waals surface area contributed by atoms with E-state index in [0.717, 1.165) is 20.8 Å². The Morgan fingerprint density at radius 1 is 0.605 bits per heavy atom. The van der Waals surface area contributed by atoms with Gasteiger partial charge in [0.1, 0.15) is 73.1 Å². The molecule has 248 valence electrons. The zero-order chi connectivity index (χ0) is 32.2. The highest BCUT2D eigenvalue weighted by Gasteiger charge is 2.53. The largest absolute Gasteiger partial charge is 0.394 e. The molecule has 19 heteroatoms. The topological polar surface area (TPSA) is 295 Å². The molecule has 0 aromatic heterocycles. The van der Waals surface area contributed by atoms with Gasteiger partial charge in [-0.15, -0.1) is 0 Å². The fourth-order valence-corrected chi connectivity index (χ4v) is 5.17. The summed E-state index contributed by atoms with van der Waals surface area (Å²) in [6.45, 7) is 1.25. The summed E-state index contributed by atoms with van der Waals surface area (Å²) in [7, 11) is 0. The van der Waals surface area contributed by atoms with Crippen LogP contribution < -0.4 is 16.0 Å². The zero-order valence-corrected chi connectivity index (χ0v) is 23.6. The van der Waals surface area contributed by atoms with Gasteiger partial charge in [-0.1, -0.05) is 0 Å². The molecule has 19 nitrogen and oxygen atoms in total. The molecule has 0 spiro atoms. The average molecular weight is 628 g/mol. The van der Waals surface area contributed by atoms with Crippen LogP contribution in [0, 0.1) is 0 Å². The normalized spacial score (nSPS) is 43.5. The predicted octanol–water partition coefficient (Wildman–Crippen LogP) is -7.14. The Kier molecular flexibility index (Phi) is 12.5. The molecule has 0 aromatic rings. The minimum atomic E-state index is -1.74. The summed E-state index contributed by atoms with van der Waals surface area (Å²) >= 11 is 0. The molecular weight excluding hydrogens is 586 g/mol. The fraction of sp³-hybridized carbons (Fsp3) is 0.875. The standard InChI is InChI=1S/C24H41N3O16/c1-7(30)25-13-19(36)17(34)12(40-22(13)38)6-39-23-15(27-9(3)32)21(18(35)11(5-29)41-23)43-24-14(26-8(2)31)20(37)16(33)10(4-28)42-24/h10-24,28-29,33-38H,4-6H2,1-3H3,(H,25,30)(H,26,31)(H,27,32)/t10-,11-,12-,13-,14-,15-,16-,17+,18+,19-,20-,21-,22?,23+,24+/m1/s1. The van der Waals surface area contributed by atoms with Crippen molar-refractivity contribution in [3.05, 3.63) is 0 Å². The zero-order valence-electron chi connectivity index (χ0n) is 23.6. The Balaban J connectivity index is 1.84. The molecule has 15 atom stereocenters. The molecule has 3 aliphatic rings. The summed E-state index contributed by atoms with van der Waals surface area (Å²) in [5, 5.41) is 89.7. The monoisotopic (exact) mass is 627 g/mol. The molecule has 43 heavy (non-hydrogen) atoms. The number of carbonyl (C=O) groups is 3. The van der Waals surface area contributed by atoms with Crippen LogP contribution in [0.4, 0.5) is 0 Å². The molecule has 3 heterocycles. The summed E-state index contributed by atoms with van der Waals surface area (Å²) < 4.78 is 28.1. The molecular formula is C24H41N3O16. The van der Waals surface area contributed by atoms with E-state index in [9.17, 15) is 55.2 Å². The van der Waals surface area contributed by atoms with E-state index in [0.29, 0.717) is 0 Å². The van der Waals surface area contributed by atoms with Crippen molar-refractivity contribution in [2.24, 2.45) is 0 Å². The van der Waals surface area contributed by atoms with Crippen LogP contribution in [0.5, 0.6) is 0 Å². The molecule has 0 saturated carbocycles. The third-order valence-corrected chi connectivity index (χ3v) is 7.28. The molecule has 1 unspecified atom stereocenters. The molecule has 3 rings (SSSR count). The van der Waals surface area contributed by atoms with E-state index in [-0.39, 0.29) is 0 Å². The second-order valence-corrected chi connectivity index (χ2v) is 10.6. The second kappa shape index (κ2) is 15.3. The van der Waals surface area contributed by atoms with Gasteiger partial charge in [-0.3, -0.25) is 14.4 Å². The van der Waals surface area contributed by atoms with Crippen molar-refractivity contribution >= 4 is 17.7 Å². The van der Waals surface area contributed by atoms with Gasteiger partial charge in [-0.25, -0.2) is 0 Å². The van der Waals surface area contributed by atoms with Crippen molar-refractivity contribution in [2.75, 3.05) is 19.8 Å². The molecule has 11 N–H and O–H groups in total. The fourth-order valence-electron chi connectivity index (χ4n) is 5.17. The number of nitrogens with one attached hydrogen (secondary N) is 3. The number of rotatable bonds is 10. The summed E-state index contributed by atoms with van der Waals surface area (Å²) in [4.78, 5) is 35.4. The molecule has 3 amide bonds. The van der Waals surface area contributed by atoms with Crippen molar-refractivity contribution in [3.8, 4) is 0 Å². The summed E-state index contributed by atoms with van der Waals surface area (Å²) in [6.07, 6.45) is -18.9. The average Bonchev–Trinajstić information content (AvgIpc) is 2.93. The maximum absolute atomic E-state index is 12.2. The maximum atomic E-state index is 12.2. The Morgan fingerprint density at radius 2 is 1.07 bits per heavy atom. The van der Waals surface area contributed by atoms with E-state index in [1.807, 2.05) is 0 Å². The number of hydrogen-bond acceptors (Lipinski definition) is 16. The van der Waals surface area contributed by atoms with Gasteiger partial charge in [-0.05, 0) is 0 Å². The highest BCUT2D eigenvalue weighted by Crippen LogP contribution is 2.30.